The Bertz CT molecular complexity index is 1200. The van der Waals surface area contributed by atoms with Crippen LogP contribution in [-0.2, 0) is 23.1 Å². The minimum Gasteiger partial charge on any atom is -0.387 e. The van der Waals surface area contributed by atoms with Gasteiger partial charge in [-0.15, -0.1) is 0 Å². The minimum absolute atomic E-state index is 0.207. The van der Waals surface area contributed by atoms with Gasteiger partial charge in [0.25, 0.3) is 10.2 Å². The fraction of sp³-hybridized carbons (Fsp3) is 0.346. The van der Waals surface area contributed by atoms with Crippen LogP contribution in [0.5, 0.6) is 0 Å². The second-order valence-electron chi connectivity index (χ2n) is 9.45. The van der Waals surface area contributed by atoms with Crippen LogP contribution >= 0.6 is 0 Å². The number of nitrogens with zero attached hydrogens (tertiary/aromatic N) is 1. The van der Waals surface area contributed by atoms with E-state index in [0.717, 1.165) is 36.0 Å². The fourth-order valence-electron chi connectivity index (χ4n) is 4.38. The van der Waals surface area contributed by atoms with Gasteiger partial charge in [0.05, 0.1) is 6.10 Å². The molecule has 180 valence electrons. The molecule has 0 spiro atoms. The zero-order valence-electron chi connectivity index (χ0n) is 19.5. The highest BCUT2D eigenvalue weighted by atomic mass is 32.2. The molecule has 4 rings (SSSR count). The van der Waals surface area contributed by atoms with Gasteiger partial charge in [-0.3, -0.25) is 9.71 Å². The monoisotopic (exact) mass is 480 g/mol. The Hall–Kier alpha value is -2.78. The molecule has 7 nitrogen and oxygen atoms in total. The molecule has 0 radical (unpaired) electrons. The molecule has 2 atom stereocenters. The first kappa shape index (κ1) is 24.3. The first-order valence-electron chi connectivity index (χ1n) is 11.5. The molecule has 1 aromatic heterocycles. The third-order valence-electron chi connectivity index (χ3n) is 6.13. The van der Waals surface area contributed by atoms with E-state index in [0.29, 0.717) is 12.2 Å². The van der Waals surface area contributed by atoms with Gasteiger partial charge >= 0.3 is 0 Å². The van der Waals surface area contributed by atoms with E-state index >= 15 is 0 Å². The summed E-state index contributed by atoms with van der Waals surface area (Å²) in [5, 5.41) is 13.8. The number of nitrogens with one attached hydrogen (secondary N) is 3. The van der Waals surface area contributed by atoms with Gasteiger partial charge in [-0.25, -0.2) is 0 Å². The number of aromatic nitrogens is 1. The van der Waals surface area contributed by atoms with E-state index in [1.807, 2.05) is 48.5 Å². The maximum atomic E-state index is 12.7. The lowest BCUT2D eigenvalue weighted by Gasteiger charge is -2.28. The molecule has 1 aliphatic rings. The summed E-state index contributed by atoms with van der Waals surface area (Å²) in [7, 11) is -3.70. The van der Waals surface area contributed by atoms with Crippen molar-refractivity contribution in [2.24, 2.45) is 0 Å². The average molecular weight is 481 g/mol. The van der Waals surface area contributed by atoms with Crippen molar-refractivity contribution >= 4 is 15.9 Å². The lowest BCUT2D eigenvalue weighted by atomic mass is 9.94. The van der Waals surface area contributed by atoms with Crippen LogP contribution in [0.4, 0.5) is 5.69 Å². The van der Waals surface area contributed by atoms with E-state index in [1.54, 1.807) is 24.5 Å². The van der Waals surface area contributed by atoms with E-state index in [2.05, 4.69) is 33.6 Å². The number of hydrogen-bond donors (Lipinski definition) is 4. The standard InChI is InChI=1S/C26H32N4O3S/c1-26(2,28-18-25(31)21-7-5-15-27-17-21)16-19-9-12-22(13-10-19)29-34(32,33)30-24-14-11-20-6-3-4-8-23(20)24/h3-10,12-13,15,17,24-25,28-31H,11,14,16,18H2,1-2H3/t24?,25-/m0/s1. The molecule has 0 saturated heterocycles. The van der Waals surface area contributed by atoms with Crippen molar-refractivity contribution in [3.05, 3.63) is 95.3 Å². The average Bonchev–Trinajstić information content (AvgIpc) is 3.21. The van der Waals surface area contributed by atoms with Gasteiger partial charge in [-0.05, 0) is 68.0 Å². The normalized spacial score (nSPS) is 16.7. The van der Waals surface area contributed by atoms with Crippen LogP contribution in [0, 0.1) is 0 Å². The molecule has 0 fully saturated rings. The summed E-state index contributed by atoms with van der Waals surface area (Å²) in [6.07, 6.45) is 5.07. The molecule has 4 N–H and O–H groups in total. The molecular formula is C26H32N4O3S. The van der Waals surface area contributed by atoms with Crippen LogP contribution in [0.25, 0.3) is 0 Å². The van der Waals surface area contributed by atoms with Crippen LogP contribution in [-0.4, -0.2) is 30.6 Å². The summed E-state index contributed by atoms with van der Waals surface area (Å²) >= 11 is 0. The minimum atomic E-state index is -3.70. The predicted octanol–water partition coefficient (Wildman–Crippen LogP) is 3.66. The molecule has 0 bridgehead atoms. The van der Waals surface area contributed by atoms with Crippen LogP contribution in [0.3, 0.4) is 0 Å². The lowest BCUT2D eigenvalue weighted by molar-refractivity contribution is 0.160. The highest BCUT2D eigenvalue weighted by Crippen LogP contribution is 2.31. The highest BCUT2D eigenvalue weighted by molar-refractivity contribution is 7.90. The van der Waals surface area contributed by atoms with Gasteiger partial charge in [0.15, 0.2) is 0 Å². The Morgan fingerprint density at radius 3 is 2.59 bits per heavy atom. The van der Waals surface area contributed by atoms with Gasteiger partial charge < -0.3 is 10.4 Å². The van der Waals surface area contributed by atoms with E-state index in [1.165, 1.54) is 5.56 Å². The summed E-state index contributed by atoms with van der Waals surface area (Å²) in [5.74, 6) is 0. The first-order chi connectivity index (χ1) is 16.2. The summed E-state index contributed by atoms with van der Waals surface area (Å²) in [6.45, 7) is 4.55. The third-order valence-corrected chi connectivity index (χ3v) is 7.22. The van der Waals surface area contributed by atoms with Gasteiger partial charge in [0.1, 0.15) is 0 Å². The summed E-state index contributed by atoms with van der Waals surface area (Å²) in [6, 6.07) is 18.8. The van der Waals surface area contributed by atoms with Crippen LogP contribution in [0.1, 0.15) is 54.7 Å². The lowest BCUT2D eigenvalue weighted by Crippen LogP contribution is -2.43. The molecular weight excluding hydrogens is 448 g/mol. The Morgan fingerprint density at radius 2 is 1.85 bits per heavy atom. The molecule has 8 heteroatoms. The Balaban J connectivity index is 1.31. The highest BCUT2D eigenvalue weighted by Gasteiger charge is 2.26. The fourth-order valence-corrected chi connectivity index (χ4v) is 5.50. The van der Waals surface area contributed by atoms with E-state index in [4.69, 9.17) is 0 Å². The summed E-state index contributed by atoms with van der Waals surface area (Å²) in [5.41, 5.74) is 4.34. The van der Waals surface area contributed by atoms with E-state index < -0.39 is 16.3 Å². The van der Waals surface area contributed by atoms with Crippen molar-refractivity contribution in [3.63, 3.8) is 0 Å². The number of pyridine rings is 1. The number of hydrogen-bond acceptors (Lipinski definition) is 5. The van der Waals surface area contributed by atoms with Crippen molar-refractivity contribution in [1.29, 1.82) is 0 Å². The molecule has 3 aromatic rings. The topological polar surface area (TPSA) is 103 Å². The van der Waals surface area contributed by atoms with Crippen LogP contribution < -0.4 is 14.8 Å². The third kappa shape index (κ3) is 6.42. The zero-order valence-corrected chi connectivity index (χ0v) is 20.3. The van der Waals surface area contributed by atoms with Crippen molar-refractivity contribution in [1.82, 2.24) is 15.0 Å². The van der Waals surface area contributed by atoms with E-state index in [9.17, 15) is 13.5 Å². The summed E-state index contributed by atoms with van der Waals surface area (Å²) < 4.78 is 30.8. The molecule has 1 unspecified atom stereocenters. The first-order valence-corrected chi connectivity index (χ1v) is 13.0. The molecule has 0 amide bonds. The number of aliphatic hydroxyl groups is 1. The SMILES string of the molecule is CC(C)(Cc1ccc(NS(=O)(=O)NC2CCc3ccccc32)cc1)NC[C@H](O)c1cccnc1. The number of aliphatic hydroxyl groups excluding tert-OH is 1. The maximum absolute atomic E-state index is 12.7. The van der Waals surface area contributed by atoms with Gasteiger partial charge in [-0.2, -0.15) is 13.1 Å². The Labute approximate surface area is 201 Å². The quantitative estimate of drug-likeness (QED) is 0.355. The van der Waals surface area contributed by atoms with Crippen molar-refractivity contribution in [2.45, 2.75) is 50.8 Å². The van der Waals surface area contributed by atoms with Gasteiger partial charge in [-0.1, -0.05) is 42.5 Å². The van der Waals surface area contributed by atoms with E-state index in [-0.39, 0.29) is 11.6 Å². The maximum Gasteiger partial charge on any atom is 0.299 e. The predicted molar refractivity (Wildman–Crippen MR) is 135 cm³/mol. The number of fused-ring (bicyclic) bond motifs is 1. The van der Waals surface area contributed by atoms with Crippen molar-refractivity contribution in [2.75, 3.05) is 11.3 Å². The second kappa shape index (κ2) is 10.2. The van der Waals surface area contributed by atoms with Crippen LogP contribution in [0.2, 0.25) is 0 Å². The van der Waals surface area contributed by atoms with Crippen LogP contribution in [0.15, 0.2) is 73.1 Å². The Kier molecular flexibility index (Phi) is 7.33. The molecule has 0 saturated carbocycles. The Morgan fingerprint density at radius 1 is 1.09 bits per heavy atom. The smallest absolute Gasteiger partial charge is 0.299 e. The molecule has 2 aromatic carbocycles. The molecule has 1 aliphatic carbocycles. The number of β-amino-alcohol motifs (C(OH)–C–C–N with tert-alkyl or cyclic N) is 1. The number of aryl methyl sites for hydroxylation is 1. The van der Waals surface area contributed by atoms with Crippen molar-refractivity contribution in [3.8, 4) is 0 Å². The second-order valence-corrected chi connectivity index (χ2v) is 10.9. The molecule has 34 heavy (non-hydrogen) atoms. The largest absolute Gasteiger partial charge is 0.387 e. The summed E-state index contributed by atoms with van der Waals surface area (Å²) in [4.78, 5) is 4.05. The van der Waals surface area contributed by atoms with Gasteiger partial charge in [0, 0.05) is 41.8 Å². The number of anilines is 1. The number of rotatable bonds is 10. The van der Waals surface area contributed by atoms with Crippen molar-refractivity contribution < 1.29 is 13.5 Å². The molecule has 1 heterocycles. The van der Waals surface area contributed by atoms with Gasteiger partial charge in [0.2, 0.25) is 0 Å². The zero-order chi connectivity index (χ0) is 24.2. The molecule has 0 aliphatic heterocycles. The number of benzene rings is 2.